The molecule has 1 amide bonds. The quantitative estimate of drug-likeness (QED) is 0.769. The third-order valence-electron chi connectivity index (χ3n) is 1.84. The molecular weight excluding hydrogens is 206 g/mol. The van der Waals surface area contributed by atoms with Crippen molar-refractivity contribution >= 4 is 17.3 Å². The molecule has 0 saturated carbocycles. The zero-order valence-electron chi connectivity index (χ0n) is 8.29. The van der Waals surface area contributed by atoms with Crippen molar-refractivity contribution in [2.75, 3.05) is 11.1 Å². The van der Waals surface area contributed by atoms with Crippen LogP contribution < -0.4 is 11.1 Å². The zero-order valence-corrected chi connectivity index (χ0v) is 8.29. The molecule has 0 fully saturated rings. The van der Waals surface area contributed by atoms with Crippen molar-refractivity contribution in [2.45, 2.75) is 0 Å². The number of aromatic nitrogens is 3. The Kier molecular flexibility index (Phi) is 2.73. The molecule has 0 atom stereocenters. The largest absolute Gasteiger partial charge is 0.399 e. The molecule has 16 heavy (non-hydrogen) atoms. The first-order chi connectivity index (χ1) is 7.75. The van der Waals surface area contributed by atoms with Gasteiger partial charge in [-0.15, -0.1) is 0 Å². The lowest BCUT2D eigenvalue weighted by Crippen LogP contribution is -2.14. The summed E-state index contributed by atoms with van der Waals surface area (Å²) in [6.07, 6.45) is 5.86. The molecule has 2 heterocycles. The van der Waals surface area contributed by atoms with Crippen LogP contribution in [0, 0.1) is 0 Å². The maximum atomic E-state index is 11.7. The van der Waals surface area contributed by atoms with Crippen LogP contribution >= 0.6 is 0 Å². The van der Waals surface area contributed by atoms with Gasteiger partial charge >= 0.3 is 0 Å². The fourth-order valence-electron chi connectivity index (χ4n) is 1.13. The van der Waals surface area contributed by atoms with Crippen molar-refractivity contribution in [3.8, 4) is 0 Å². The fourth-order valence-corrected chi connectivity index (χ4v) is 1.13. The van der Waals surface area contributed by atoms with Gasteiger partial charge < -0.3 is 11.1 Å². The van der Waals surface area contributed by atoms with Crippen LogP contribution in [0.4, 0.5) is 11.4 Å². The minimum Gasteiger partial charge on any atom is -0.399 e. The van der Waals surface area contributed by atoms with Gasteiger partial charge in [0.05, 0.1) is 18.1 Å². The van der Waals surface area contributed by atoms with E-state index in [9.17, 15) is 4.79 Å². The van der Waals surface area contributed by atoms with Crippen LogP contribution in [0.15, 0.2) is 37.1 Å². The van der Waals surface area contributed by atoms with E-state index < -0.39 is 0 Å². The molecule has 0 aromatic carbocycles. The number of nitrogens with one attached hydrogen (secondary N) is 1. The van der Waals surface area contributed by atoms with E-state index in [1.54, 1.807) is 6.07 Å². The number of hydrogen-bond donors (Lipinski definition) is 2. The summed E-state index contributed by atoms with van der Waals surface area (Å²) >= 11 is 0. The van der Waals surface area contributed by atoms with Crippen molar-refractivity contribution in [2.24, 2.45) is 0 Å². The Balaban J connectivity index is 2.15. The van der Waals surface area contributed by atoms with Crippen molar-refractivity contribution in [1.29, 1.82) is 0 Å². The van der Waals surface area contributed by atoms with E-state index in [0.29, 0.717) is 11.4 Å². The van der Waals surface area contributed by atoms with Gasteiger partial charge in [-0.25, -0.2) is 9.97 Å². The minimum absolute atomic E-state index is 0.254. The third kappa shape index (κ3) is 2.30. The molecule has 2 aromatic rings. The van der Waals surface area contributed by atoms with E-state index in [1.807, 2.05) is 0 Å². The molecule has 0 aliphatic carbocycles. The Labute approximate surface area is 91.6 Å². The number of rotatable bonds is 2. The molecule has 0 aliphatic rings. The Bertz CT molecular complexity index is 500. The summed E-state index contributed by atoms with van der Waals surface area (Å²) in [5.41, 5.74) is 6.80. The van der Waals surface area contributed by atoms with Gasteiger partial charge in [-0.1, -0.05) is 0 Å². The lowest BCUT2D eigenvalue weighted by atomic mass is 10.3. The van der Waals surface area contributed by atoms with Crippen LogP contribution in [0.25, 0.3) is 0 Å². The number of nitrogens with zero attached hydrogens (tertiary/aromatic N) is 3. The van der Waals surface area contributed by atoms with Gasteiger partial charge in [0.25, 0.3) is 5.91 Å². The highest BCUT2D eigenvalue weighted by molar-refractivity contribution is 6.03. The molecule has 6 heteroatoms. The minimum atomic E-state index is -0.345. The number of nitrogen functional groups attached to an aromatic ring is 1. The van der Waals surface area contributed by atoms with Crippen molar-refractivity contribution < 1.29 is 4.79 Å². The predicted octanol–water partition coefficient (Wildman–Crippen LogP) is 0.706. The van der Waals surface area contributed by atoms with E-state index in [-0.39, 0.29) is 11.6 Å². The second-order valence-corrected chi connectivity index (χ2v) is 3.06. The topological polar surface area (TPSA) is 93.8 Å². The molecule has 0 spiro atoms. The molecule has 2 aromatic heterocycles. The van der Waals surface area contributed by atoms with Crippen LogP contribution in [-0.4, -0.2) is 20.9 Å². The van der Waals surface area contributed by atoms with Gasteiger partial charge in [0, 0.05) is 11.9 Å². The van der Waals surface area contributed by atoms with Crippen molar-refractivity contribution in [3.05, 3.63) is 42.7 Å². The molecule has 6 nitrogen and oxygen atoms in total. The molecule has 2 rings (SSSR count). The fraction of sp³-hybridized carbons (Fsp3) is 0. The molecule has 0 radical (unpaired) electrons. The number of pyridine rings is 1. The summed E-state index contributed by atoms with van der Waals surface area (Å²) in [4.78, 5) is 23.1. The average Bonchev–Trinajstić information content (AvgIpc) is 2.30. The summed E-state index contributed by atoms with van der Waals surface area (Å²) < 4.78 is 0. The lowest BCUT2D eigenvalue weighted by molar-refractivity contribution is 0.102. The first-order valence-corrected chi connectivity index (χ1v) is 4.53. The zero-order chi connectivity index (χ0) is 11.4. The molecule has 80 valence electrons. The van der Waals surface area contributed by atoms with Crippen LogP contribution in [-0.2, 0) is 0 Å². The van der Waals surface area contributed by atoms with E-state index in [1.165, 1.54) is 31.0 Å². The van der Waals surface area contributed by atoms with Crippen LogP contribution in [0.3, 0.4) is 0 Å². The molecule has 0 aliphatic heterocycles. The van der Waals surface area contributed by atoms with E-state index in [0.717, 1.165) is 0 Å². The van der Waals surface area contributed by atoms with Crippen LogP contribution in [0.5, 0.6) is 0 Å². The summed E-state index contributed by atoms with van der Waals surface area (Å²) in [5.74, 6) is -0.345. The maximum Gasteiger partial charge on any atom is 0.274 e. The van der Waals surface area contributed by atoms with Crippen LogP contribution in [0.2, 0.25) is 0 Å². The van der Waals surface area contributed by atoms with Gasteiger partial charge in [0.1, 0.15) is 12.0 Å². The number of anilines is 2. The van der Waals surface area contributed by atoms with Gasteiger partial charge in [-0.2, -0.15) is 0 Å². The van der Waals surface area contributed by atoms with E-state index in [2.05, 4.69) is 20.3 Å². The summed E-state index contributed by atoms with van der Waals surface area (Å²) in [6, 6.07) is 3.11. The Morgan fingerprint density at radius 1 is 1.31 bits per heavy atom. The van der Waals surface area contributed by atoms with Crippen molar-refractivity contribution in [3.63, 3.8) is 0 Å². The number of amides is 1. The highest BCUT2D eigenvalue weighted by atomic mass is 16.1. The number of nitrogens with two attached hydrogens (primary N) is 1. The van der Waals surface area contributed by atoms with Gasteiger partial charge in [-0.05, 0) is 12.1 Å². The van der Waals surface area contributed by atoms with Crippen molar-refractivity contribution in [1.82, 2.24) is 15.0 Å². The van der Waals surface area contributed by atoms with Crippen LogP contribution in [0.1, 0.15) is 10.5 Å². The highest BCUT2D eigenvalue weighted by Gasteiger charge is 2.07. The average molecular weight is 215 g/mol. The van der Waals surface area contributed by atoms with E-state index in [4.69, 9.17) is 5.73 Å². The third-order valence-corrected chi connectivity index (χ3v) is 1.84. The Morgan fingerprint density at radius 2 is 2.06 bits per heavy atom. The Hall–Kier alpha value is -2.50. The summed E-state index contributed by atoms with van der Waals surface area (Å²) in [6.45, 7) is 0. The first kappa shape index (κ1) is 10.0. The molecular formula is C10H9N5O. The van der Waals surface area contributed by atoms with Gasteiger partial charge in [-0.3, -0.25) is 9.78 Å². The predicted molar refractivity (Wildman–Crippen MR) is 58.6 cm³/mol. The normalized spacial score (nSPS) is 9.75. The summed E-state index contributed by atoms with van der Waals surface area (Å²) in [5, 5.41) is 2.60. The SMILES string of the molecule is Nc1ccnc(C(=O)Nc2cncnc2)c1. The van der Waals surface area contributed by atoms with Gasteiger partial charge in [0.2, 0.25) is 0 Å². The maximum absolute atomic E-state index is 11.7. The van der Waals surface area contributed by atoms with Gasteiger partial charge in [0.15, 0.2) is 0 Å². The Morgan fingerprint density at radius 3 is 2.75 bits per heavy atom. The monoisotopic (exact) mass is 215 g/mol. The lowest BCUT2D eigenvalue weighted by Gasteiger charge is -2.03. The number of carbonyl (C=O) groups is 1. The molecule has 3 N–H and O–H groups in total. The standard InChI is InChI=1S/C10H9N5O/c11-7-1-2-14-9(3-7)10(16)15-8-4-12-6-13-5-8/h1-6H,(H2,11,14)(H,15,16). The second-order valence-electron chi connectivity index (χ2n) is 3.06. The number of hydrogen-bond acceptors (Lipinski definition) is 5. The molecule has 0 bridgehead atoms. The molecule has 0 saturated heterocycles. The first-order valence-electron chi connectivity index (χ1n) is 4.53. The van der Waals surface area contributed by atoms with E-state index >= 15 is 0 Å². The molecule has 0 unspecified atom stereocenters. The number of carbonyl (C=O) groups excluding carboxylic acids is 1. The smallest absolute Gasteiger partial charge is 0.274 e. The summed E-state index contributed by atoms with van der Waals surface area (Å²) in [7, 11) is 0. The highest BCUT2D eigenvalue weighted by Crippen LogP contribution is 2.06. The second kappa shape index (κ2) is 4.35.